The number of amides is 1. The average molecular weight is 252 g/mol. The van der Waals surface area contributed by atoms with Crippen molar-refractivity contribution in [3.05, 3.63) is 11.4 Å². The van der Waals surface area contributed by atoms with Gasteiger partial charge in [0.2, 0.25) is 0 Å². The Bertz CT molecular complexity index is 435. The van der Waals surface area contributed by atoms with Crippen LogP contribution in [0.4, 0.5) is 5.69 Å². The van der Waals surface area contributed by atoms with Crippen molar-refractivity contribution in [1.82, 2.24) is 15.5 Å². The first-order chi connectivity index (χ1) is 8.58. The molecule has 1 fully saturated rings. The second kappa shape index (κ2) is 4.97. The minimum atomic E-state index is -0.505. The first-order valence-corrected chi connectivity index (χ1v) is 6.32. The minimum absolute atomic E-state index is 0.0396. The summed E-state index contributed by atoms with van der Waals surface area (Å²) in [6.45, 7) is 1.73. The zero-order valence-electron chi connectivity index (χ0n) is 10.6. The lowest BCUT2D eigenvalue weighted by Gasteiger charge is -2.36. The molecule has 0 unspecified atom stereocenters. The van der Waals surface area contributed by atoms with Crippen molar-refractivity contribution in [2.24, 2.45) is 0 Å². The van der Waals surface area contributed by atoms with E-state index in [9.17, 15) is 9.90 Å². The number of anilines is 1. The fraction of sp³-hybridized carbons (Fsp3) is 0.667. The number of aryl methyl sites for hydroxylation is 1. The third-order valence-electron chi connectivity index (χ3n) is 3.70. The highest BCUT2D eigenvalue weighted by Crippen LogP contribution is 2.28. The van der Waals surface area contributed by atoms with E-state index in [0.717, 1.165) is 32.1 Å². The third kappa shape index (κ3) is 2.33. The molecule has 0 atom stereocenters. The normalized spacial score (nSPS) is 18.6. The van der Waals surface area contributed by atoms with E-state index in [1.54, 1.807) is 6.92 Å². The Hall–Kier alpha value is -1.56. The number of rotatable bonds is 3. The number of hydrogen-bond acceptors (Lipinski definition) is 4. The average Bonchev–Trinajstić information content (AvgIpc) is 2.71. The molecule has 0 aliphatic heterocycles. The van der Waals surface area contributed by atoms with Gasteiger partial charge in [-0.15, -0.1) is 0 Å². The SMILES string of the molecule is Cc1[nH]nc(C(=O)NC2(CO)CCCCC2)c1N. The molecule has 1 aliphatic carbocycles. The zero-order chi connectivity index (χ0) is 13.2. The van der Waals surface area contributed by atoms with Crippen molar-refractivity contribution in [2.75, 3.05) is 12.3 Å². The van der Waals surface area contributed by atoms with Gasteiger partial charge >= 0.3 is 0 Å². The summed E-state index contributed by atoms with van der Waals surface area (Å²) >= 11 is 0. The fourth-order valence-corrected chi connectivity index (χ4v) is 2.46. The van der Waals surface area contributed by atoms with E-state index in [1.807, 2.05) is 0 Å². The molecule has 6 heteroatoms. The first-order valence-electron chi connectivity index (χ1n) is 6.32. The number of nitrogens with two attached hydrogens (primary N) is 1. The summed E-state index contributed by atoms with van der Waals surface area (Å²) in [6, 6.07) is 0. The summed E-state index contributed by atoms with van der Waals surface area (Å²) < 4.78 is 0. The van der Waals surface area contributed by atoms with Crippen LogP contribution in [0.2, 0.25) is 0 Å². The van der Waals surface area contributed by atoms with Crippen molar-refractivity contribution in [1.29, 1.82) is 0 Å². The molecule has 0 aromatic carbocycles. The highest BCUT2D eigenvalue weighted by atomic mass is 16.3. The predicted molar refractivity (Wildman–Crippen MR) is 68.1 cm³/mol. The van der Waals surface area contributed by atoms with E-state index in [-0.39, 0.29) is 18.2 Å². The summed E-state index contributed by atoms with van der Waals surface area (Å²) in [5, 5.41) is 19.0. The van der Waals surface area contributed by atoms with E-state index < -0.39 is 5.54 Å². The van der Waals surface area contributed by atoms with Crippen molar-refractivity contribution in [3.63, 3.8) is 0 Å². The summed E-state index contributed by atoms with van der Waals surface area (Å²) in [7, 11) is 0. The molecular weight excluding hydrogens is 232 g/mol. The van der Waals surface area contributed by atoms with Gasteiger partial charge in [0.1, 0.15) is 0 Å². The Morgan fingerprint density at radius 1 is 1.50 bits per heavy atom. The Morgan fingerprint density at radius 2 is 2.17 bits per heavy atom. The highest BCUT2D eigenvalue weighted by molar-refractivity contribution is 5.98. The van der Waals surface area contributed by atoms with E-state index in [1.165, 1.54) is 0 Å². The molecule has 1 amide bonds. The molecule has 5 N–H and O–H groups in total. The van der Waals surface area contributed by atoms with Crippen LogP contribution in [0.5, 0.6) is 0 Å². The van der Waals surface area contributed by atoms with Gasteiger partial charge in [0, 0.05) is 0 Å². The highest BCUT2D eigenvalue weighted by Gasteiger charge is 2.34. The smallest absolute Gasteiger partial charge is 0.274 e. The molecule has 0 spiro atoms. The van der Waals surface area contributed by atoms with E-state index >= 15 is 0 Å². The van der Waals surface area contributed by atoms with Gasteiger partial charge in [-0.05, 0) is 19.8 Å². The number of carbonyl (C=O) groups excluding carboxylic acids is 1. The molecule has 0 bridgehead atoms. The Kier molecular flexibility index (Phi) is 3.56. The first kappa shape index (κ1) is 12.9. The molecule has 1 aliphatic rings. The van der Waals surface area contributed by atoms with Crippen LogP contribution in [0.1, 0.15) is 48.3 Å². The van der Waals surface area contributed by atoms with Crippen molar-refractivity contribution < 1.29 is 9.90 Å². The standard InChI is InChI=1S/C12H20N4O2/c1-8-9(13)10(16-15-8)11(18)14-12(7-17)5-3-2-4-6-12/h17H,2-7,13H2,1H3,(H,14,18)(H,15,16). The fourth-order valence-electron chi connectivity index (χ4n) is 2.46. The van der Waals surface area contributed by atoms with Crippen LogP contribution in [0.15, 0.2) is 0 Å². The number of aromatic nitrogens is 2. The minimum Gasteiger partial charge on any atom is -0.395 e. The zero-order valence-corrected chi connectivity index (χ0v) is 10.6. The molecule has 1 aromatic rings. The third-order valence-corrected chi connectivity index (χ3v) is 3.70. The second-order valence-corrected chi connectivity index (χ2v) is 5.06. The van der Waals surface area contributed by atoms with Gasteiger partial charge in [-0.25, -0.2) is 0 Å². The molecular formula is C12H20N4O2. The maximum absolute atomic E-state index is 12.1. The van der Waals surface area contributed by atoms with Gasteiger partial charge in [-0.2, -0.15) is 5.10 Å². The van der Waals surface area contributed by atoms with Crippen LogP contribution in [0.25, 0.3) is 0 Å². The number of aliphatic hydroxyl groups is 1. The van der Waals surface area contributed by atoms with Gasteiger partial charge in [0.25, 0.3) is 5.91 Å². The van der Waals surface area contributed by atoms with Gasteiger partial charge < -0.3 is 16.2 Å². The largest absolute Gasteiger partial charge is 0.395 e. The molecule has 0 saturated heterocycles. The summed E-state index contributed by atoms with van der Waals surface area (Å²) in [5.41, 5.74) is 6.54. The summed E-state index contributed by atoms with van der Waals surface area (Å²) in [6.07, 6.45) is 4.81. The molecule has 2 rings (SSSR count). The Morgan fingerprint density at radius 3 is 2.67 bits per heavy atom. The quantitative estimate of drug-likeness (QED) is 0.636. The van der Waals surface area contributed by atoms with E-state index in [0.29, 0.717) is 11.4 Å². The van der Waals surface area contributed by atoms with Crippen LogP contribution in [-0.2, 0) is 0 Å². The molecule has 1 heterocycles. The monoisotopic (exact) mass is 252 g/mol. The van der Waals surface area contributed by atoms with Crippen LogP contribution >= 0.6 is 0 Å². The lowest BCUT2D eigenvalue weighted by Crippen LogP contribution is -2.52. The second-order valence-electron chi connectivity index (χ2n) is 5.06. The number of aromatic amines is 1. The molecule has 0 radical (unpaired) electrons. The topological polar surface area (TPSA) is 104 Å². The lowest BCUT2D eigenvalue weighted by molar-refractivity contribution is 0.0754. The molecule has 6 nitrogen and oxygen atoms in total. The van der Waals surface area contributed by atoms with E-state index in [2.05, 4.69) is 15.5 Å². The summed E-state index contributed by atoms with van der Waals surface area (Å²) in [5.74, 6) is -0.312. The van der Waals surface area contributed by atoms with Gasteiger partial charge in [0.15, 0.2) is 5.69 Å². The maximum Gasteiger partial charge on any atom is 0.274 e. The Balaban J connectivity index is 2.12. The van der Waals surface area contributed by atoms with Gasteiger partial charge in [0.05, 0.1) is 23.5 Å². The number of nitrogen functional groups attached to an aromatic ring is 1. The van der Waals surface area contributed by atoms with Crippen molar-refractivity contribution in [2.45, 2.75) is 44.6 Å². The van der Waals surface area contributed by atoms with Crippen LogP contribution in [0, 0.1) is 6.92 Å². The number of nitrogens with zero attached hydrogens (tertiary/aromatic N) is 1. The van der Waals surface area contributed by atoms with Gasteiger partial charge in [-0.1, -0.05) is 19.3 Å². The van der Waals surface area contributed by atoms with Crippen LogP contribution < -0.4 is 11.1 Å². The van der Waals surface area contributed by atoms with Crippen molar-refractivity contribution in [3.8, 4) is 0 Å². The predicted octanol–water partition coefficient (Wildman–Crippen LogP) is 0.725. The van der Waals surface area contributed by atoms with Crippen LogP contribution in [-0.4, -0.2) is 33.4 Å². The van der Waals surface area contributed by atoms with Crippen LogP contribution in [0.3, 0.4) is 0 Å². The Labute approximate surface area is 106 Å². The van der Waals surface area contributed by atoms with Crippen molar-refractivity contribution >= 4 is 11.6 Å². The number of aliphatic hydroxyl groups excluding tert-OH is 1. The summed E-state index contributed by atoms with van der Waals surface area (Å²) in [4.78, 5) is 12.1. The number of nitrogens with one attached hydrogen (secondary N) is 2. The molecule has 1 saturated carbocycles. The van der Waals surface area contributed by atoms with E-state index in [4.69, 9.17) is 5.73 Å². The molecule has 18 heavy (non-hydrogen) atoms. The van der Waals surface area contributed by atoms with Gasteiger partial charge in [-0.3, -0.25) is 9.89 Å². The molecule has 1 aromatic heterocycles. The molecule has 100 valence electrons. The number of H-pyrrole nitrogens is 1. The maximum atomic E-state index is 12.1. The number of carbonyl (C=O) groups is 1. The lowest BCUT2D eigenvalue weighted by atomic mass is 9.82. The number of hydrogen-bond donors (Lipinski definition) is 4.